The molecule has 4 heteroatoms. The van der Waals surface area contributed by atoms with Crippen LogP contribution in [0.3, 0.4) is 0 Å². The van der Waals surface area contributed by atoms with Crippen molar-refractivity contribution in [3.05, 3.63) is 69.8 Å². The van der Waals surface area contributed by atoms with Crippen LogP contribution in [0.1, 0.15) is 46.1 Å². The zero-order valence-electron chi connectivity index (χ0n) is 19.1. The van der Waals surface area contributed by atoms with Gasteiger partial charge >= 0.3 is 0 Å². The zero-order chi connectivity index (χ0) is 21.3. The van der Waals surface area contributed by atoms with Crippen LogP contribution < -0.4 is 5.73 Å². The predicted molar refractivity (Wildman–Crippen MR) is 124 cm³/mol. The van der Waals surface area contributed by atoms with E-state index in [1.807, 2.05) is 6.92 Å². The van der Waals surface area contributed by atoms with Gasteiger partial charge in [-0.1, -0.05) is 37.3 Å². The van der Waals surface area contributed by atoms with E-state index in [9.17, 15) is 0 Å². The second kappa shape index (κ2) is 8.60. The second-order valence-electron chi connectivity index (χ2n) is 9.55. The fourth-order valence-corrected chi connectivity index (χ4v) is 5.27. The molecular formula is C26H37N3O. The number of hydrogen-bond acceptors (Lipinski definition) is 4. The van der Waals surface area contributed by atoms with Crippen molar-refractivity contribution in [1.29, 1.82) is 0 Å². The fraction of sp³-hybridized carbons (Fsp3) is 0.538. The maximum atomic E-state index is 6.77. The molecule has 162 valence electrons. The minimum absolute atomic E-state index is 0.00333. The molecular weight excluding hydrogens is 370 g/mol. The molecule has 1 aromatic carbocycles. The molecule has 0 bridgehead atoms. The van der Waals surface area contributed by atoms with Crippen LogP contribution in [0.15, 0.2) is 64.3 Å². The maximum Gasteiger partial charge on any atom is 0.104 e. The van der Waals surface area contributed by atoms with E-state index < -0.39 is 0 Å². The van der Waals surface area contributed by atoms with Gasteiger partial charge in [-0.15, -0.1) is 0 Å². The first-order valence-corrected chi connectivity index (χ1v) is 11.4. The van der Waals surface area contributed by atoms with Gasteiger partial charge in [0.05, 0.1) is 0 Å². The highest BCUT2D eigenvalue weighted by molar-refractivity contribution is 5.58. The van der Waals surface area contributed by atoms with Crippen LogP contribution in [-0.4, -0.2) is 49.1 Å². The van der Waals surface area contributed by atoms with Gasteiger partial charge < -0.3 is 15.4 Å². The molecule has 0 aromatic heterocycles. The number of nitrogens with two attached hydrogens (primary N) is 1. The normalized spacial score (nSPS) is 25.7. The first kappa shape index (κ1) is 21.2. The van der Waals surface area contributed by atoms with E-state index >= 15 is 0 Å². The van der Waals surface area contributed by atoms with E-state index in [0.29, 0.717) is 0 Å². The second-order valence-corrected chi connectivity index (χ2v) is 9.55. The number of piperazine rings is 1. The highest BCUT2D eigenvalue weighted by Gasteiger charge is 2.43. The van der Waals surface area contributed by atoms with Crippen LogP contribution in [0.5, 0.6) is 0 Å². The van der Waals surface area contributed by atoms with Crippen LogP contribution in [0.4, 0.5) is 0 Å². The maximum absolute atomic E-state index is 6.77. The minimum Gasteiger partial charge on any atom is -0.466 e. The Labute approximate surface area is 182 Å². The lowest BCUT2D eigenvalue weighted by Gasteiger charge is -2.39. The summed E-state index contributed by atoms with van der Waals surface area (Å²) in [5.41, 5.74) is 13.1. The number of aryl methyl sites for hydroxylation is 1. The van der Waals surface area contributed by atoms with Crippen LogP contribution in [0, 0.1) is 5.41 Å². The molecule has 30 heavy (non-hydrogen) atoms. The van der Waals surface area contributed by atoms with E-state index in [1.165, 1.54) is 41.7 Å². The number of ether oxygens (including phenoxy) is 1. The highest BCUT2D eigenvalue weighted by atomic mass is 16.5. The predicted octanol–water partition coefficient (Wildman–Crippen LogP) is 4.46. The van der Waals surface area contributed by atoms with Gasteiger partial charge in [-0.2, -0.15) is 0 Å². The van der Waals surface area contributed by atoms with Crippen molar-refractivity contribution >= 4 is 0 Å². The van der Waals surface area contributed by atoms with E-state index in [0.717, 1.165) is 56.4 Å². The van der Waals surface area contributed by atoms with E-state index in [2.05, 4.69) is 60.9 Å². The lowest BCUT2D eigenvalue weighted by atomic mass is 9.85. The summed E-state index contributed by atoms with van der Waals surface area (Å²) in [4.78, 5) is 5.23. The molecule has 0 saturated carbocycles. The molecule has 4 rings (SSSR count). The minimum atomic E-state index is -0.00333. The Bertz CT molecular complexity index is 875. The summed E-state index contributed by atoms with van der Waals surface area (Å²) in [5.74, 6) is 2.02. The van der Waals surface area contributed by atoms with Gasteiger partial charge in [0.1, 0.15) is 11.5 Å². The Balaban J connectivity index is 1.31. The molecule has 0 amide bonds. The summed E-state index contributed by atoms with van der Waals surface area (Å²) >= 11 is 0. The average molecular weight is 408 g/mol. The molecule has 2 aliphatic heterocycles. The number of fused-ring (bicyclic) bond motifs is 1. The summed E-state index contributed by atoms with van der Waals surface area (Å²) in [5, 5.41) is 0. The number of hydrogen-bond donors (Lipinski definition) is 1. The molecule has 3 aliphatic rings. The summed E-state index contributed by atoms with van der Waals surface area (Å²) in [6, 6.07) is 10.8. The van der Waals surface area contributed by atoms with Crippen LogP contribution in [0.25, 0.3) is 0 Å². The van der Waals surface area contributed by atoms with Crippen LogP contribution in [0.2, 0.25) is 0 Å². The third kappa shape index (κ3) is 4.21. The molecule has 2 N–H and O–H groups in total. The number of rotatable bonds is 6. The molecule has 0 radical (unpaired) electrons. The summed E-state index contributed by atoms with van der Waals surface area (Å²) in [6.45, 7) is 15.4. The topological polar surface area (TPSA) is 41.7 Å². The van der Waals surface area contributed by atoms with Crippen molar-refractivity contribution in [2.75, 3.05) is 39.3 Å². The molecule has 1 aromatic rings. The van der Waals surface area contributed by atoms with Crippen molar-refractivity contribution in [2.24, 2.45) is 11.1 Å². The zero-order valence-corrected chi connectivity index (χ0v) is 19.1. The van der Waals surface area contributed by atoms with Gasteiger partial charge in [0, 0.05) is 55.0 Å². The Morgan fingerprint density at radius 1 is 0.967 bits per heavy atom. The number of nitrogens with zero attached hydrogens (tertiary/aromatic N) is 2. The van der Waals surface area contributed by atoms with Gasteiger partial charge in [0.15, 0.2) is 0 Å². The Morgan fingerprint density at radius 2 is 1.63 bits per heavy atom. The van der Waals surface area contributed by atoms with Crippen LogP contribution >= 0.6 is 0 Å². The Morgan fingerprint density at radius 3 is 2.33 bits per heavy atom. The Kier molecular flexibility index (Phi) is 6.08. The van der Waals surface area contributed by atoms with Crippen molar-refractivity contribution in [3.63, 3.8) is 0 Å². The third-order valence-electron chi connectivity index (χ3n) is 7.24. The van der Waals surface area contributed by atoms with Crippen molar-refractivity contribution < 1.29 is 4.74 Å². The van der Waals surface area contributed by atoms with E-state index in [4.69, 9.17) is 10.5 Å². The van der Waals surface area contributed by atoms with Crippen molar-refractivity contribution in [3.8, 4) is 0 Å². The third-order valence-corrected chi connectivity index (χ3v) is 7.24. The standard InChI is InChI=1S/C26H37N3O/c1-19-20(2)30-21(3)23-17-26(4,25(27)24(19)23)18-29-15-13-28(14-16-29)12-8-11-22-9-6-5-7-10-22/h5-7,9-10H,8,11-18,27H2,1-4H3. The van der Waals surface area contributed by atoms with Gasteiger partial charge in [-0.3, -0.25) is 4.90 Å². The average Bonchev–Trinajstić information content (AvgIpc) is 3.00. The van der Waals surface area contributed by atoms with Gasteiger partial charge in [-0.05, 0) is 57.7 Å². The molecule has 1 fully saturated rings. The summed E-state index contributed by atoms with van der Waals surface area (Å²) in [6.07, 6.45) is 3.40. The Hall–Kier alpha value is -2.04. The SMILES string of the molecule is CC1=C(C)C2=C(N)C(C)(CN3CCN(CCCc4ccccc4)CC3)CC2=C(C)O1. The first-order valence-electron chi connectivity index (χ1n) is 11.4. The highest BCUT2D eigenvalue weighted by Crippen LogP contribution is 2.50. The molecule has 0 spiro atoms. The molecule has 1 atom stereocenters. The largest absolute Gasteiger partial charge is 0.466 e. The first-order chi connectivity index (χ1) is 14.4. The quantitative estimate of drug-likeness (QED) is 0.756. The molecule has 4 nitrogen and oxygen atoms in total. The van der Waals surface area contributed by atoms with Gasteiger partial charge in [-0.25, -0.2) is 0 Å². The number of allylic oxidation sites excluding steroid dienone is 5. The molecule has 2 heterocycles. The fourth-order valence-electron chi connectivity index (χ4n) is 5.27. The van der Waals surface area contributed by atoms with Crippen LogP contribution in [-0.2, 0) is 11.2 Å². The molecule has 1 unspecified atom stereocenters. The lowest BCUT2D eigenvalue weighted by Crippen LogP contribution is -2.50. The molecule has 1 saturated heterocycles. The monoisotopic (exact) mass is 407 g/mol. The smallest absolute Gasteiger partial charge is 0.104 e. The van der Waals surface area contributed by atoms with E-state index in [-0.39, 0.29) is 5.41 Å². The lowest BCUT2D eigenvalue weighted by molar-refractivity contribution is 0.102. The summed E-state index contributed by atoms with van der Waals surface area (Å²) in [7, 11) is 0. The number of benzene rings is 1. The summed E-state index contributed by atoms with van der Waals surface area (Å²) < 4.78 is 5.98. The van der Waals surface area contributed by atoms with Crippen molar-refractivity contribution in [1.82, 2.24) is 9.80 Å². The van der Waals surface area contributed by atoms with E-state index in [1.54, 1.807) is 0 Å². The molecule has 1 aliphatic carbocycles. The van der Waals surface area contributed by atoms with Gasteiger partial charge in [0.25, 0.3) is 0 Å². The van der Waals surface area contributed by atoms with Gasteiger partial charge in [0.2, 0.25) is 0 Å². The van der Waals surface area contributed by atoms with Crippen molar-refractivity contribution in [2.45, 2.75) is 47.0 Å².